The van der Waals surface area contributed by atoms with Gasteiger partial charge in [0, 0.05) is 16.1 Å². The zero-order valence-electron chi connectivity index (χ0n) is 14.8. The molecule has 0 radical (unpaired) electrons. The van der Waals surface area contributed by atoms with Crippen molar-refractivity contribution >= 4 is 11.6 Å². The van der Waals surface area contributed by atoms with Gasteiger partial charge in [-0.2, -0.15) is 0 Å². The Bertz CT molecular complexity index is 799. The lowest BCUT2D eigenvalue weighted by Crippen LogP contribution is -2.80. The SMILES string of the molecule is COc1ccc(C[NH2+]Cc2ccc(OCc3ccc(Cl)cc3)cc2)cc1. The fraction of sp³-hybridized carbons (Fsp3) is 0.182. The third kappa shape index (κ3) is 5.51. The molecule has 3 nitrogen and oxygen atoms in total. The first kappa shape index (κ1) is 18.3. The summed E-state index contributed by atoms with van der Waals surface area (Å²) in [6, 6.07) is 24.2. The topological polar surface area (TPSA) is 35.1 Å². The van der Waals surface area contributed by atoms with Crippen molar-refractivity contribution in [2.24, 2.45) is 0 Å². The van der Waals surface area contributed by atoms with Crippen molar-refractivity contribution in [2.75, 3.05) is 7.11 Å². The Kier molecular flexibility index (Phi) is 6.53. The third-order valence-corrected chi connectivity index (χ3v) is 4.41. The predicted molar refractivity (Wildman–Crippen MR) is 105 cm³/mol. The molecule has 0 aliphatic carbocycles. The standard InChI is InChI=1S/C22H22ClNO2/c1-25-21-10-4-17(5-11-21)14-24-15-18-6-12-22(13-7-18)26-16-19-2-8-20(23)9-3-19/h2-13,24H,14-16H2,1H3/p+1. The summed E-state index contributed by atoms with van der Waals surface area (Å²) >= 11 is 5.89. The molecule has 0 fully saturated rings. The lowest BCUT2D eigenvalue weighted by molar-refractivity contribution is -0.686. The average molecular weight is 369 g/mol. The molecule has 0 bridgehead atoms. The number of benzene rings is 3. The van der Waals surface area contributed by atoms with Crippen LogP contribution in [0.2, 0.25) is 5.02 Å². The number of hydrogen-bond acceptors (Lipinski definition) is 2. The van der Waals surface area contributed by atoms with Crippen molar-refractivity contribution in [2.45, 2.75) is 19.7 Å². The minimum Gasteiger partial charge on any atom is -0.497 e. The van der Waals surface area contributed by atoms with E-state index < -0.39 is 0 Å². The minimum atomic E-state index is 0.542. The van der Waals surface area contributed by atoms with Crippen LogP contribution in [0.1, 0.15) is 16.7 Å². The number of hydrogen-bond donors (Lipinski definition) is 1. The summed E-state index contributed by atoms with van der Waals surface area (Å²) in [7, 11) is 1.68. The van der Waals surface area contributed by atoms with Gasteiger partial charge in [0.2, 0.25) is 0 Å². The van der Waals surface area contributed by atoms with Crippen molar-refractivity contribution < 1.29 is 14.8 Å². The fourth-order valence-electron chi connectivity index (χ4n) is 2.64. The summed E-state index contributed by atoms with van der Waals surface area (Å²) in [6.07, 6.45) is 0. The van der Waals surface area contributed by atoms with Gasteiger partial charge in [0.05, 0.1) is 7.11 Å². The molecule has 0 heterocycles. The minimum absolute atomic E-state index is 0.542. The Morgan fingerprint density at radius 1 is 0.692 bits per heavy atom. The van der Waals surface area contributed by atoms with Gasteiger partial charge in [0.25, 0.3) is 0 Å². The zero-order valence-corrected chi connectivity index (χ0v) is 15.6. The molecule has 3 aromatic rings. The van der Waals surface area contributed by atoms with E-state index in [0.717, 1.165) is 35.2 Å². The van der Waals surface area contributed by atoms with Gasteiger partial charge in [0.1, 0.15) is 31.2 Å². The second kappa shape index (κ2) is 9.27. The van der Waals surface area contributed by atoms with Crippen LogP contribution < -0.4 is 14.8 Å². The van der Waals surface area contributed by atoms with Crippen molar-refractivity contribution in [3.8, 4) is 11.5 Å². The number of ether oxygens (including phenoxy) is 2. The molecule has 0 aromatic heterocycles. The van der Waals surface area contributed by atoms with E-state index in [1.54, 1.807) is 7.11 Å². The van der Waals surface area contributed by atoms with Gasteiger partial charge in [-0.15, -0.1) is 0 Å². The van der Waals surface area contributed by atoms with Crippen LogP contribution in [0.5, 0.6) is 11.5 Å². The molecule has 0 saturated carbocycles. The number of methoxy groups -OCH3 is 1. The molecule has 3 rings (SSSR count). The predicted octanol–water partition coefficient (Wildman–Crippen LogP) is 4.19. The monoisotopic (exact) mass is 368 g/mol. The Hall–Kier alpha value is -2.49. The Labute approximate surface area is 159 Å². The van der Waals surface area contributed by atoms with Crippen molar-refractivity contribution in [1.82, 2.24) is 0 Å². The number of rotatable bonds is 8. The molecule has 134 valence electrons. The van der Waals surface area contributed by atoms with Crippen LogP contribution in [-0.4, -0.2) is 7.11 Å². The fourth-order valence-corrected chi connectivity index (χ4v) is 2.76. The summed E-state index contributed by atoms with van der Waals surface area (Å²) < 4.78 is 11.0. The summed E-state index contributed by atoms with van der Waals surface area (Å²) in [4.78, 5) is 0. The smallest absolute Gasteiger partial charge is 0.119 e. The quantitative estimate of drug-likeness (QED) is 0.647. The molecule has 3 aromatic carbocycles. The van der Waals surface area contributed by atoms with Crippen molar-refractivity contribution in [1.29, 1.82) is 0 Å². The van der Waals surface area contributed by atoms with E-state index in [4.69, 9.17) is 21.1 Å². The van der Waals surface area contributed by atoms with E-state index in [2.05, 4.69) is 29.6 Å². The van der Waals surface area contributed by atoms with Crippen LogP contribution >= 0.6 is 11.6 Å². The summed E-state index contributed by atoms with van der Waals surface area (Å²) in [5, 5.41) is 3.02. The highest BCUT2D eigenvalue weighted by molar-refractivity contribution is 6.30. The maximum absolute atomic E-state index is 5.89. The Morgan fingerprint density at radius 2 is 1.19 bits per heavy atom. The van der Waals surface area contributed by atoms with Crippen LogP contribution in [-0.2, 0) is 19.7 Å². The van der Waals surface area contributed by atoms with Gasteiger partial charge < -0.3 is 14.8 Å². The second-order valence-corrected chi connectivity index (χ2v) is 6.54. The lowest BCUT2D eigenvalue weighted by Gasteiger charge is -2.08. The molecule has 4 heteroatoms. The van der Waals surface area contributed by atoms with Gasteiger partial charge in [0.15, 0.2) is 0 Å². The molecule has 0 unspecified atom stereocenters. The van der Waals surface area contributed by atoms with E-state index in [1.807, 2.05) is 48.5 Å². The van der Waals surface area contributed by atoms with Crippen LogP contribution in [0.4, 0.5) is 0 Å². The maximum Gasteiger partial charge on any atom is 0.119 e. The van der Waals surface area contributed by atoms with E-state index >= 15 is 0 Å². The highest BCUT2D eigenvalue weighted by Gasteiger charge is 2.01. The number of halogens is 1. The van der Waals surface area contributed by atoms with E-state index in [0.29, 0.717) is 6.61 Å². The first-order valence-corrected chi connectivity index (χ1v) is 9.01. The molecule has 0 amide bonds. The van der Waals surface area contributed by atoms with E-state index in [1.165, 1.54) is 11.1 Å². The van der Waals surface area contributed by atoms with Gasteiger partial charge in [-0.3, -0.25) is 0 Å². The van der Waals surface area contributed by atoms with Gasteiger partial charge >= 0.3 is 0 Å². The second-order valence-electron chi connectivity index (χ2n) is 6.10. The first-order chi connectivity index (χ1) is 12.7. The molecular formula is C22H23ClNO2+. The van der Waals surface area contributed by atoms with Crippen LogP contribution in [0.15, 0.2) is 72.8 Å². The van der Waals surface area contributed by atoms with Crippen LogP contribution in [0.3, 0.4) is 0 Å². The summed E-state index contributed by atoms with van der Waals surface area (Å²) in [6.45, 7) is 2.42. The molecule has 0 saturated heterocycles. The Balaban J connectivity index is 1.44. The number of quaternary nitrogens is 1. The lowest BCUT2D eigenvalue weighted by atomic mass is 10.2. The summed E-state index contributed by atoms with van der Waals surface area (Å²) in [5.74, 6) is 1.77. The molecular weight excluding hydrogens is 346 g/mol. The van der Waals surface area contributed by atoms with Crippen LogP contribution in [0, 0.1) is 0 Å². The maximum atomic E-state index is 5.89. The van der Waals surface area contributed by atoms with Gasteiger partial charge in [-0.1, -0.05) is 23.7 Å². The molecule has 0 spiro atoms. The molecule has 0 atom stereocenters. The normalized spacial score (nSPS) is 10.5. The highest BCUT2D eigenvalue weighted by atomic mass is 35.5. The largest absolute Gasteiger partial charge is 0.497 e. The van der Waals surface area contributed by atoms with Gasteiger partial charge in [-0.05, 0) is 66.2 Å². The van der Waals surface area contributed by atoms with E-state index in [-0.39, 0.29) is 0 Å². The summed E-state index contributed by atoms with van der Waals surface area (Å²) in [5.41, 5.74) is 3.66. The zero-order chi connectivity index (χ0) is 18.2. The van der Waals surface area contributed by atoms with Crippen LogP contribution in [0.25, 0.3) is 0 Å². The number of nitrogens with two attached hydrogens (primary N) is 1. The first-order valence-electron chi connectivity index (χ1n) is 8.64. The van der Waals surface area contributed by atoms with Gasteiger partial charge in [-0.25, -0.2) is 0 Å². The van der Waals surface area contributed by atoms with Crippen molar-refractivity contribution in [3.63, 3.8) is 0 Å². The third-order valence-electron chi connectivity index (χ3n) is 4.16. The highest BCUT2D eigenvalue weighted by Crippen LogP contribution is 2.15. The average Bonchev–Trinajstić information content (AvgIpc) is 2.69. The van der Waals surface area contributed by atoms with Crippen molar-refractivity contribution in [3.05, 3.63) is 94.5 Å². The molecule has 0 aliphatic heterocycles. The molecule has 2 N–H and O–H groups in total. The van der Waals surface area contributed by atoms with E-state index in [9.17, 15) is 0 Å². The Morgan fingerprint density at radius 3 is 1.73 bits per heavy atom. The molecule has 26 heavy (non-hydrogen) atoms. The molecule has 0 aliphatic rings.